The van der Waals surface area contributed by atoms with Gasteiger partial charge in [0.1, 0.15) is 6.42 Å². The zero-order chi connectivity index (χ0) is 17.5. The fraction of sp³-hybridized carbons (Fsp3) is 0.0625. The van der Waals surface area contributed by atoms with Crippen LogP contribution in [0, 0.1) is 0 Å². The van der Waals surface area contributed by atoms with Gasteiger partial charge in [0.05, 0.1) is 16.3 Å². The van der Waals surface area contributed by atoms with Crippen molar-refractivity contribution in [2.75, 3.05) is 5.32 Å². The molecule has 0 aliphatic carbocycles. The van der Waals surface area contributed by atoms with E-state index in [1.54, 1.807) is 36.4 Å². The van der Waals surface area contributed by atoms with E-state index in [1.807, 2.05) is 0 Å². The third-order valence-corrected chi connectivity index (χ3v) is 3.91. The van der Waals surface area contributed by atoms with Gasteiger partial charge >= 0.3 is 0 Å². The summed E-state index contributed by atoms with van der Waals surface area (Å²) in [5.74, 6) is -1.06. The lowest BCUT2D eigenvalue weighted by Crippen LogP contribution is -2.24. The molecule has 0 heterocycles. The van der Waals surface area contributed by atoms with Crippen molar-refractivity contribution >= 4 is 58.5 Å². The van der Waals surface area contributed by atoms with E-state index in [9.17, 15) is 9.59 Å². The Hall–Kier alpha value is -2.08. The van der Waals surface area contributed by atoms with Crippen LogP contribution in [0.3, 0.4) is 0 Å². The van der Waals surface area contributed by atoms with E-state index >= 15 is 0 Å². The third-order valence-electron chi connectivity index (χ3n) is 2.82. The lowest BCUT2D eigenvalue weighted by Gasteiger charge is -2.05. The average molecular weight is 385 g/mol. The van der Waals surface area contributed by atoms with Gasteiger partial charge in [-0.25, -0.2) is 5.43 Å². The van der Waals surface area contributed by atoms with Gasteiger partial charge in [-0.2, -0.15) is 5.10 Å². The monoisotopic (exact) mass is 383 g/mol. The molecule has 2 aromatic rings. The molecule has 2 rings (SSSR count). The second kappa shape index (κ2) is 8.68. The number of anilines is 1. The van der Waals surface area contributed by atoms with Crippen molar-refractivity contribution in [3.8, 4) is 0 Å². The second-order valence-corrected chi connectivity index (χ2v) is 5.89. The van der Waals surface area contributed by atoms with Crippen LogP contribution in [0.25, 0.3) is 0 Å². The molecule has 0 aliphatic heterocycles. The maximum atomic E-state index is 11.8. The molecule has 0 aliphatic rings. The number of hydrogen-bond acceptors (Lipinski definition) is 3. The van der Waals surface area contributed by atoms with Gasteiger partial charge in [-0.3, -0.25) is 9.59 Å². The highest BCUT2D eigenvalue weighted by atomic mass is 35.5. The minimum absolute atomic E-state index is 0.309. The summed E-state index contributed by atoms with van der Waals surface area (Å²) in [7, 11) is 0. The number of rotatable bonds is 5. The Morgan fingerprint density at radius 2 is 1.71 bits per heavy atom. The molecule has 0 fully saturated rings. The van der Waals surface area contributed by atoms with E-state index in [0.717, 1.165) is 0 Å². The minimum atomic E-state index is -0.559. The molecular weight excluding hydrogens is 373 g/mol. The molecule has 8 heteroatoms. The molecular formula is C16H12Cl3N3O2. The Labute approximate surface area is 153 Å². The van der Waals surface area contributed by atoms with Crippen molar-refractivity contribution in [3.63, 3.8) is 0 Å². The molecule has 124 valence electrons. The summed E-state index contributed by atoms with van der Waals surface area (Å²) in [6.45, 7) is 0. The number of nitrogens with zero attached hydrogens (tertiary/aromatic N) is 1. The highest BCUT2D eigenvalue weighted by Gasteiger charge is 2.10. The highest BCUT2D eigenvalue weighted by Crippen LogP contribution is 2.25. The third kappa shape index (κ3) is 5.53. The van der Waals surface area contributed by atoms with Gasteiger partial charge in [-0.1, -0.05) is 53.0 Å². The predicted octanol–water partition coefficient (Wildman–Crippen LogP) is 4.13. The van der Waals surface area contributed by atoms with Gasteiger partial charge < -0.3 is 5.32 Å². The van der Waals surface area contributed by atoms with Crippen molar-refractivity contribution in [2.24, 2.45) is 5.10 Å². The van der Waals surface area contributed by atoms with Crippen LogP contribution in [0.15, 0.2) is 47.6 Å². The lowest BCUT2D eigenvalue weighted by molar-refractivity contribution is -0.126. The molecule has 2 N–H and O–H groups in total. The molecule has 0 saturated heterocycles. The number of carbonyl (C=O) groups is 2. The first kappa shape index (κ1) is 18.3. The predicted molar refractivity (Wildman–Crippen MR) is 96.9 cm³/mol. The molecule has 5 nitrogen and oxygen atoms in total. The molecule has 0 saturated carbocycles. The van der Waals surface area contributed by atoms with E-state index in [0.29, 0.717) is 26.3 Å². The molecule has 0 atom stereocenters. The molecule has 2 amide bonds. The quantitative estimate of drug-likeness (QED) is 0.462. The van der Waals surface area contributed by atoms with Gasteiger partial charge in [0.15, 0.2) is 0 Å². The Bertz CT molecular complexity index is 794. The topological polar surface area (TPSA) is 70.6 Å². The molecule has 0 radical (unpaired) electrons. The largest absolute Gasteiger partial charge is 0.326 e. The molecule has 0 aromatic heterocycles. The van der Waals surface area contributed by atoms with Crippen LogP contribution in [-0.4, -0.2) is 18.0 Å². The van der Waals surface area contributed by atoms with E-state index in [2.05, 4.69) is 15.8 Å². The van der Waals surface area contributed by atoms with Crippen molar-refractivity contribution < 1.29 is 9.59 Å². The summed E-state index contributed by atoms with van der Waals surface area (Å²) in [5.41, 5.74) is 3.36. The van der Waals surface area contributed by atoms with E-state index in [1.165, 1.54) is 12.3 Å². The van der Waals surface area contributed by atoms with E-state index in [4.69, 9.17) is 34.8 Å². The molecule has 24 heavy (non-hydrogen) atoms. The van der Waals surface area contributed by atoms with Crippen LogP contribution in [0.1, 0.15) is 12.0 Å². The van der Waals surface area contributed by atoms with Crippen molar-refractivity contribution in [2.45, 2.75) is 6.42 Å². The van der Waals surface area contributed by atoms with Crippen molar-refractivity contribution in [1.29, 1.82) is 0 Å². The SMILES string of the molecule is O=C(CC(=O)Nc1ccc(Cl)c(Cl)c1)N/N=C/c1ccccc1Cl. The zero-order valence-electron chi connectivity index (χ0n) is 12.2. The summed E-state index contributed by atoms with van der Waals surface area (Å²) < 4.78 is 0. The smallest absolute Gasteiger partial charge is 0.249 e. The number of nitrogens with one attached hydrogen (secondary N) is 2. The average Bonchev–Trinajstić information content (AvgIpc) is 2.52. The molecule has 2 aromatic carbocycles. The van der Waals surface area contributed by atoms with Crippen LogP contribution in [0.5, 0.6) is 0 Å². The zero-order valence-corrected chi connectivity index (χ0v) is 14.5. The first-order chi connectivity index (χ1) is 11.5. The Morgan fingerprint density at radius 1 is 0.958 bits per heavy atom. The number of hydrogen-bond donors (Lipinski definition) is 2. The molecule has 0 spiro atoms. The number of carbonyl (C=O) groups excluding carboxylic acids is 2. The van der Waals surface area contributed by atoms with Crippen molar-refractivity contribution in [1.82, 2.24) is 5.43 Å². The van der Waals surface area contributed by atoms with Crippen LogP contribution in [-0.2, 0) is 9.59 Å². The fourth-order valence-corrected chi connectivity index (χ4v) is 2.20. The standard InChI is InChI=1S/C16H12Cl3N3O2/c17-12-4-2-1-3-10(12)9-20-22-16(24)8-15(23)21-11-5-6-13(18)14(19)7-11/h1-7,9H,8H2,(H,21,23)(H,22,24)/b20-9+. The van der Waals surface area contributed by atoms with Gasteiger partial charge in [0.25, 0.3) is 0 Å². The Morgan fingerprint density at radius 3 is 2.42 bits per heavy atom. The van der Waals surface area contributed by atoms with E-state index < -0.39 is 11.8 Å². The maximum Gasteiger partial charge on any atom is 0.249 e. The minimum Gasteiger partial charge on any atom is -0.326 e. The summed E-state index contributed by atoms with van der Waals surface area (Å²) in [6, 6.07) is 11.7. The molecule has 0 unspecified atom stereocenters. The molecule has 0 bridgehead atoms. The van der Waals surface area contributed by atoms with Gasteiger partial charge in [0.2, 0.25) is 11.8 Å². The normalized spacial score (nSPS) is 10.6. The van der Waals surface area contributed by atoms with Gasteiger partial charge in [-0.15, -0.1) is 0 Å². The Balaban J connectivity index is 1.84. The fourth-order valence-electron chi connectivity index (χ4n) is 1.72. The highest BCUT2D eigenvalue weighted by molar-refractivity contribution is 6.42. The number of hydrazone groups is 1. The number of halogens is 3. The first-order valence-corrected chi connectivity index (χ1v) is 7.90. The van der Waals surface area contributed by atoms with Crippen LogP contribution >= 0.6 is 34.8 Å². The number of amides is 2. The van der Waals surface area contributed by atoms with E-state index in [-0.39, 0.29) is 6.42 Å². The summed E-state index contributed by atoms with van der Waals surface area (Å²) in [4.78, 5) is 23.5. The number of benzene rings is 2. The summed E-state index contributed by atoms with van der Waals surface area (Å²) in [5, 5.41) is 7.49. The van der Waals surface area contributed by atoms with Crippen LogP contribution in [0.2, 0.25) is 15.1 Å². The first-order valence-electron chi connectivity index (χ1n) is 6.77. The van der Waals surface area contributed by atoms with Gasteiger partial charge in [0, 0.05) is 16.3 Å². The Kier molecular flexibility index (Phi) is 6.61. The maximum absolute atomic E-state index is 11.8. The van der Waals surface area contributed by atoms with Crippen LogP contribution < -0.4 is 10.7 Å². The van der Waals surface area contributed by atoms with Crippen molar-refractivity contribution in [3.05, 3.63) is 63.1 Å². The van der Waals surface area contributed by atoms with Gasteiger partial charge in [-0.05, 0) is 24.3 Å². The second-order valence-electron chi connectivity index (χ2n) is 4.67. The summed E-state index contributed by atoms with van der Waals surface area (Å²) in [6.07, 6.45) is 1.01. The summed E-state index contributed by atoms with van der Waals surface area (Å²) >= 11 is 17.6. The van der Waals surface area contributed by atoms with Crippen LogP contribution in [0.4, 0.5) is 5.69 Å². The lowest BCUT2D eigenvalue weighted by atomic mass is 10.2.